The van der Waals surface area contributed by atoms with Crippen LogP contribution in [0.3, 0.4) is 0 Å². The summed E-state index contributed by atoms with van der Waals surface area (Å²) < 4.78 is 51.9. The minimum Gasteiger partial charge on any atom is -0.489 e. The summed E-state index contributed by atoms with van der Waals surface area (Å²) in [6.07, 6.45) is 4.02. The Labute approximate surface area is 198 Å². The first-order chi connectivity index (χ1) is 16.3. The summed E-state index contributed by atoms with van der Waals surface area (Å²) in [5, 5.41) is 0. The van der Waals surface area contributed by atoms with Crippen LogP contribution in [-0.2, 0) is 10.0 Å². The van der Waals surface area contributed by atoms with Gasteiger partial charge in [-0.05, 0) is 67.1 Å². The number of alkyl halides is 1. The number of carbonyl (C=O) groups excluding carboxylic acids is 1. The maximum atomic E-state index is 14.5. The molecule has 1 aromatic heterocycles. The lowest BCUT2D eigenvalue weighted by Gasteiger charge is -2.14. The summed E-state index contributed by atoms with van der Waals surface area (Å²) in [5.41, 5.74) is 0.221. The Morgan fingerprint density at radius 2 is 1.88 bits per heavy atom. The van der Waals surface area contributed by atoms with Crippen LogP contribution in [0.4, 0.5) is 4.39 Å². The normalized spacial score (nSPS) is 14.3. The fraction of sp³-hybridized carbons (Fsp3) is 0.280. The molecular weight excluding hydrogens is 459 g/mol. The van der Waals surface area contributed by atoms with Gasteiger partial charge in [0.25, 0.3) is 21.4 Å². The van der Waals surface area contributed by atoms with Crippen LogP contribution in [0, 0.1) is 12.8 Å². The van der Waals surface area contributed by atoms with Crippen molar-refractivity contribution < 1.29 is 27.1 Å². The van der Waals surface area contributed by atoms with Gasteiger partial charge in [-0.2, -0.15) is 0 Å². The van der Waals surface area contributed by atoms with E-state index in [4.69, 9.17) is 9.47 Å². The highest BCUT2D eigenvalue weighted by molar-refractivity contribution is 7.90. The van der Waals surface area contributed by atoms with Crippen molar-refractivity contribution in [3.63, 3.8) is 0 Å². The van der Waals surface area contributed by atoms with Crippen LogP contribution < -0.4 is 14.2 Å². The van der Waals surface area contributed by atoms with Gasteiger partial charge in [0.15, 0.2) is 0 Å². The standard InChI is InChI=1S/C25H25FN2O5S/c1-17-22(12-13-27-25(17)33-15-18-10-11-18)20-8-5-9-21(14-20)32-16-23(26)34(30,31)28-24(29)19-6-3-2-4-7-19/h2-9,12-14,18,23H,10-11,15-16H2,1H3,(H,28,29). The highest BCUT2D eigenvalue weighted by atomic mass is 32.2. The number of nitrogens with one attached hydrogen (secondary N) is 1. The van der Waals surface area contributed by atoms with Gasteiger partial charge in [0.05, 0.1) is 6.61 Å². The number of pyridine rings is 1. The van der Waals surface area contributed by atoms with Crippen molar-refractivity contribution in [2.75, 3.05) is 13.2 Å². The molecule has 9 heteroatoms. The van der Waals surface area contributed by atoms with Gasteiger partial charge in [-0.25, -0.2) is 22.5 Å². The monoisotopic (exact) mass is 484 g/mol. The number of amides is 1. The van der Waals surface area contributed by atoms with E-state index in [1.54, 1.807) is 47.3 Å². The largest absolute Gasteiger partial charge is 0.489 e. The quantitative estimate of drug-likeness (QED) is 0.462. The predicted octanol–water partition coefficient (Wildman–Crippen LogP) is 4.28. The minimum atomic E-state index is -4.58. The second kappa shape index (κ2) is 10.2. The van der Waals surface area contributed by atoms with E-state index in [1.165, 1.54) is 25.0 Å². The van der Waals surface area contributed by atoms with E-state index in [1.807, 2.05) is 19.1 Å². The summed E-state index contributed by atoms with van der Waals surface area (Å²) in [4.78, 5) is 16.4. The smallest absolute Gasteiger partial charge is 0.271 e. The van der Waals surface area contributed by atoms with Crippen LogP contribution in [0.5, 0.6) is 11.6 Å². The summed E-state index contributed by atoms with van der Waals surface area (Å²) in [6, 6.07) is 16.4. The molecule has 1 amide bonds. The van der Waals surface area contributed by atoms with E-state index >= 15 is 0 Å². The van der Waals surface area contributed by atoms with Crippen LogP contribution in [0.2, 0.25) is 0 Å². The number of halogens is 1. The number of ether oxygens (including phenoxy) is 2. The summed E-state index contributed by atoms with van der Waals surface area (Å²) in [6.45, 7) is 1.79. The molecule has 7 nitrogen and oxygen atoms in total. The topological polar surface area (TPSA) is 94.6 Å². The van der Waals surface area contributed by atoms with Gasteiger partial charge in [0.1, 0.15) is 12.4 Å². The molecule has 0 bridgehead atoms. The Balaban J connectivity index is 1.40. The molecule has 4 rings (SSSR count). The third kappa shape index (κ3) is 5.91. The number of carbonyl (C=O) groups is 1. The maximum Gasteiger partial charge on any atom is 0.271 e. The average molecular weight is 485 g/mol. The molecule has 1 aliphatic carbocycles. The zero-order valence-corrected chi connectivity index (χ0v) is 19.4. The average Bonchev–Trinajstić information content (AvgIpc) is 3.67. The maximum absolute atomic E-state index is 14.5. The Morgan fingerprint density at radius 3 is 2.62 bits per heavy atom. The number of nitrogens with zero attached hydrogens (tertiary/aromatic N) is 1. The van der Waals surface area contributed by atoms with Crippen LogP contribution in [0.1, 0.15) is 28.8 Å². The molecule has 1 unspecified atom stereocenters. The molecule has 1 N–H and O–H groups in total. The first kappa shape index (κ1) is 23.7. The number of sulfonamides is 1. The first-order valence-corrected chi connectivity index (χ1v) is 12.4. The van der Waals surface area contributed by atoms with E-state index in [2.05, 4.69) is 4.98 Å². The Hall–Kier alpha value is -3.46. The van der Waals surface area contributed by atoms with Crippen LogP contribution in [0.25, 0.3) is 11.1 Å². The number of hydrogen-bond acceptors (Lipinski definition) is 6. The molecule has 0 radical (unpaired) electrons. The van der Waals surface area contributed by atoms with Crippen LogP contribution in [-0.4, -0.2) is 38.0 Å². The minimum absolute atomic E-state index is 0.111. The lowest BCUT2D eigenvalue weighted by Crippen LogP contribution is -2.39. The number of benzene rings is 2. The van der Waals surface area contributed by atoms with Crippen molar-refractivity contribution in [1.82, 2.24) is 9.71 Å². The molecule has 3 aromatic rings. The van der Waals surface area contributed by atoms with E-state index in [-0.39, 0.29) is 5.56 Å². The summed E-state index contributed by atoms with van der Waals surface area (Å²) in [7, 11) is -4.58. The Morgan fingerprint density at radius 1 is 1.12 bits per heavy atom. The van der Waals surface area contributed by atoms with E-state index in [9.17, 15) is 17.6 Å². The van der Waals surface area contributed by atoms with Gasteiger partial charge < -0.3 is 9.47 Å². The lowest BCUT2D eigenvalue weighted by atomic mass is 10.0. The van der Waals surface area contributed by atoms with Crippen molar-refractivity contribution in [2.45, 2.75) is 25.3 Å². The number of aromatic nitrogens is 1. The van der Waals surface area contributed by atoms with Crippen molar-refractivity contribution in [3.05, 3.63) is 78.0 Å². The molecule has 34 heavy (non-hydrogen) atoms. The molecule has 0 saturated heterocycles. The van der Waals surface area contributed by atoms with Crippen LogP contribution in [0.15, 0.2) is 66.9 Å². The third-order valence-corrected chi connectivity index (χ3v) is 6.72. The van der Waals surface area contributed by atoms with Gasteiger partial charge in [-0.3, -0.25) is 4.79 Å². The highest BCUT2D eigenvalue weighted by Gasteiger charge is 2.28. The summed E-state index contributed by atoms with van der Waals surface area (Å²) in [5.74, 6) is 0.559. The second-order valence-corrected chi connectivity index (χ2v) is 9.94. The van der Waals surface area contributed by atoms with Crippen molar-refractivity contribution in [1.29, 1.82) is 0 Å². The molecule has 1 heterocycles. The number of rotatable bonds is 10. The van der Waals surface area contributed by atoms with Crippen LogP contribution >= 0.6 is 0 Å². The van der Waals surface area contributed by atoms with Gasteiger partial charge in [0, 0.05) is 17.3 Å². The predicted molar refractivity (Wildman–Crippen MR) is 126 cm³/mol. The zero-order valence-electron chi connectivity index (χ0n) is 18.6. The number of hydrogen-bond donors (Lipinski definition) is 1. The molecule has 178 valence electrons. The highest BCUT2D eigenvalue weighted by Crippen LogP contribution is 2.33. The van der Waals surface area contributed by atoms with Crippen molar-refractivity contribution >= 4 is 15.9 Å². The van der Waals surface area contributed by atoms with E-state index < -0.39 is 28.0 Å². The Bertz CT molecular complexity index is 1260. The SMILES string of the molecule is Cc1c(-c2cccc(OCC(F)S(=O)(=O)NC(=O)c3ccccc3)c2)ccnc1OCC1CC1. The zero-order chi connectivity index (χ0) is 24.1. The molecule has 1 saturated carbocycles. The molecule has 1 atom stereocenters. The van der Waals surface area contributed by atoms with Gasteiger partial charge in [-0.15, -0.1) is 0 Å². The molecular formula is C25H25FN2O5S. The fourth-order valence-corrected chi connectivity index (χ4v) is 4.05. The van der Waals surface area contributed by atoms with E-state index in [0.717, 1.165) is 16.7 Å². The third-order valence-electron chi connectivity index (χ3n) is 5.44. The van der Waals surface area contributed by atoms with Gasteiger partial charge in [0.2, 0.25) is 5.88 Å². The van der Waals surface area contributed by atoms with Gasteiger partial charge >= 0.3 is 0 Å². The molecule has 1 aliphatic rings. The van der Waals surface area contributed by atoms with Crippen molar-refractivity contribution in [2.24, 2.45) is 5.92 Å². The Kier molecular flexibility index (Phi) is 7.12. The van der Waals surface area contributed by atoms with Crippen molar-refractivity contribution in [3.8, 4) is 22.8 Å². The lowest BCUT2D eigenvalue weighted by molar-refractivity contribution is 0.0979. The summed E-state index contributed by atoms with van der Waals surface area (Å²) >= 11 is 0. The molecule has 2 aromatic carbocycles. The van der Waals surface area contributed by atoms with E-state index in [0.29, 0.717) is 24.2 Å². The molecule has 0 spiro atoms. The van der Waals surface area contributed by atoms with Gasteiger partial charge in [-0.1, -0.05) is 30.3 Å². The molecule has 0 aliphatic heterocycles. The second-order valence-electron chi connectivity index (χ2n) is 8.13. The molecule has 1 fully saturated rings. The first-order valence-electron chi connectivity index (χ1n) is 10.9. The fourth-order valence-electron chi connectivity index (χ4n) is 3.30.